The summed E-state index contributed by atoms with van der Waals surface area (Å²) in [7, 11) is 1.60. The number of rotatable bonds is 10. The summed E-state index contributed by atoms with van der Waals surface area (Å²) >= 11 is 0. The Labute approximate surface area is 143 Å². The number of hydrogen-bond acceptors (Lipinski definition) is 6. The zero-order valence-corrected chi connectivity index (χ0v) is 14.7. The van der Waals surface area contributed by atoms with Crippen molar-refractivity contribution >= 4 is 11.9 Å². The molecular weight excluding hydrogens is 312 g/mol. The summed E-state index contributed by atoms with van der Waals surface area (Å²) in [5.41, 5.74) is 0. The molecule has 0 heterocycles. The van der Waals surface area contributed by atoms with Crippen molar-refractivity contribution in [1.29, 1.82) is 0 Å². The number of ether oxygens (including phenoxy) is 4. The van der Waals surface area contributed by atoms with Crippen LogP contribution in [-0.4, -0.2) is 38.9 Å². The van der Waals surface area contributed by atoms with Gasteiger partial charge in [0.05, 0.1) is 26.9 Å². The molecule has 0 N–H and O–H groups in total. The highest BCUT2D eigenvalue weighted by atomic mass is 16.6. The Kier molecular flexibility index (Phi) is 8.68. The third-order valence-corrected chi connectivity index (χ3v) is 3.55. The maximum absolute atomic E-state index is 12.0. The minimum atomic E-state index is -0.927. The predicted octanol–water partition coefficient (Wildman–Crippen LogP) is 2.84. The van der Waals surface area contributed by atoms with Crippen LogP contribution in [0.1, 0.15) is 27.2 Å². The maximum Gasteiger partial charge on any atom is 0.320 e. The van der Waals surface area contributed by atoms with Crippen molar-refractivity contribution in [2.24, 2.45) is 11.8 Å². The van der Waals surface area contributed by atoms with Crippen LogP contribution in [-0.2, 0) is 19.1 Å². The average Bonchev–Trinajstić information content (AvgIpc) is 2.56. The van der Waals surface area contributed by atoms with Crippen molar-refractivity contribution in [3.05, 3.63) is 24.3 Å². The molecule has 0 spiro atoms. The zero-order chi connectivity index (χ0) is 17.9. The molecule has 1 aromatic carbocycles. The van der Waals surface area contributed by atoms with Crippen molar-refractivity contribution in [2.75, 3.05) is 26.9 Å². The topological polar surface area (TPSA) is 71.1 Å². The van der Waals surface area contributed by atoms with Gasteiger partial charge in [0, 0.05) is 0 Å². The van der Waals surface area contributed by atoms with Gasteiger partial charge in [-0.25, -0.2) is 0 Å². The lowest BCUT2D eigenvalue weighted by molar-refractivity contribution is -0.164. The molecule has 0 radical (unpaired) electrons. The van der Waals surface area contributed by atoms with Gasteiger partial charge in [-0.3, -0.25) is 9.59 Å². The van der Waals surface area contributed by atoms with Gasteiger partial charge in [0.25, 0.3) is 0 Å². The molecule has 0 aromatic heterocycles. The Morgan fingerprint density at radius 1 is 0.958 bits per heavy atom. The van der Waals surface area contributed by atoms with E-state index in [2.05, 4.69) is 0 Å². The second-order valence-corrected chi connectivity index (χ2v) is 5.27. The monoisotopic (exact) mass is 338 g/mol. The first-order valence-corrected chi connectivity index (χ1v) is 8.13. The lowest BCUT2D eigenvalue weighted by Crippen LogP contribution is -2.34. The van der Waals surface area contributed by atoms with Gasteiger partial charge in [-0.1, -0.05) is 6.92 Å². The quantitative estimate of drug-likeness (QED) is 0.482. The van der Waals surface area contributed by atoms with E-state index < -0.39 is 17.9 Å². The molecule has 24 heavy (non-hydrogen) atoms. The maximum atomic E-state index is 12.0. The molecule has 0 fully saturated rings. The summed E-state index contributed by atoms with van der Waals surface area (Å²) in [6, 6.07) is 7.22. The molecule has 1 aromatic rings. The first-order valence-electron chi connectivity index (χ1n) is 8.13. The molecule has 0 saturated heterocycles. The van der Waals surface area contributed by atoms with E-state index in [4.69, 9.17) is 18.9 Å². The van der Waals surface area contributed by atoms with Crippen molar-refractivity contribution in [1.82, 2.24) is 0 Å². The lowest BCUT2D eigenvalue weighted by Gasteiger charge is -2.20. The number of benzene rings is 1. The van der Waals surface area contributed by atoms with Gasteiger partial charge in [-0.05, 0) is 50.5 Å². The fraction of sp³-hybridized carbons (Fsp3) is 0.556. The molecular formula is C18H26O6. The summed E-state index contributed by atoms with van der Waals surface area (Å²) in [6.45, 7) is 6.06. The fourth-order valence-corrected chi connectivity index (χ4v) is 2.23. The van der Waals surface area contributed by atoms with Crippen LogP contribution in [0.3, 0.4) is 0 Å². The van der Waals surface area contributed by atoms with Gasteiger partial charge >= 0.3 is 11.9 Å². The van der Waals surface area contributed by atoms with E-state index in [-0.39, 0.29) is 19.1 Å². The van der Waals surface area contributed by atoms with Crippen LogP contribution in [0.25, 0.3) is 0 Å². The molecule has 6 nitrogen and oxygen atoms in total. The van der Waals surface area contributed by atoms with Crippen LogP contribution in [0.4, 0.5) is 0 Å². The molecule has 1 atom stereocenters. The standard InChI is InChI=1S/C18H26O6/c1-5-22-17(19)16(18(20)23-6-2)13(3)11-12-24-15-9-7-14(21-4)8-10-15/h7-10,13,16H,5-6,11-12H2,1-4H3. The van der Waals surface area contributed by atoms with Gasteiger partial charge in [-0.2, -0.15) is 0 Å². The van der Waals surface area contributed by atoms with Crippen LogP contribution in [0.2, 0.25) is 0 Å². The third-order valence-electron chi connectivity index (χ3n) is 3.55. The Bertz CT molecular complexity index is 493. The number of methoxy groups -OCH3 is 1. The van der Waals surface area contributed by atoms with Crippen molar-refractivity contribution < 1.29 is 28.5 Å². The minimum Gasteiger partial charge on any atom is -0.497 e. The second-order valence-electron chi connectivity index (χ2n) is 5.27. The van der Waals surface area contributed by atoms with Crippen LogP contribution in [0, 0.1) is 11.8 Å². The largest absolute Gasteiger partial charge is 0.497 e. The Hall–Kier alpha value is -2.24. The summed E-state index contributed by atoms with van der Waals surface area (Å²) in [5, 5.41) is 0. The van der Waals surface area contributed by atoms with Crippen LogP contribution >= 0.6 is 0 Å². The molecule has 0 saturated carbocycles. The average molecular weight is 338 g/mol. The van der Waals surface area contributed by atoms with Gasteiger partial charge in [-0.15, -0.1) is 0 Å². The number of hydrogen-bond donors (Lipinski definition) is 0. The first kappa shape index (κ1) is 19.8. The molecule has 0 aliphatic heterocycles. The molecule has 134 valence electrons. The number of carbonyl (C=O) groups is 2. The molecule has 0 bridgehead atoms. The van der Waals surface area contributed by atoms with Crippen LogP contribution in [0.15, 0.2) is 24.3 Å². The molecule has 0 aliphatic rings. The summed E-state index contributed by atoms with van der Waals surface area (Å²) < 4.78 is 20.7. The highest BCUT2D eigenvalue weighted by Gasteiger charge is 2.34. The normalized spacial score (nSPS) is 11.7. The SMILES string of the molecule is CCOC(=O)C(C(=O)OCC)C(C)CCOc1ccc(OC)cc1. The van der Waals surface area contributed by atoms with E-state index in [1.807, 2.05) is 6.92 Å². The van der Waals surface area contributed by atoms with E-state index in [9.17, 15) is 9.59 Å². The van der Waals surface area contributed by atoms with Gasteiger partial charge in [0.1, 0.15) is 11.5 Å². The number of carbonyl (C=O) groups excluding carboxylic acids is 2. The molecule has 1 rings (SSSR count). The smallest absolute Gasteiger partial charge is 0.320 e. The fourth-order valence-electron chi connectivity index (χ4n) is 2.23. The van der Waals surface area contributed by atoms with E-state index in [1.165, 1.54) is 0 Å². The van der Waals surface area contributed by atoms with Crippen molar-refractivity contribution in [3.63, 3.8) is 0 Å². The number of esters is 2. The highest BCUT2D eigenvalue weighted by molar-refractivity contribution is 5.95. The molecule has 0 amide bonds. The zero-order valence-electron chi connectivity index (χ0n) is 14.7. The van der Waals surface area contributed by atoms with Crippen LogP contribution < -0.4 is 9.47 Å². The Morgan fingerprint density at radius 3 is 1.92 bits per heavy atom. The van der Waals surface area contributed by atoms with Gasteiger partial charge < -0.3 is 18.9 Å². The van der Waals surface area contributed by atoms with Gasteiger partial charge in [0.2, 0.25) is 0 Å². The molecule has 0 aliphatic carbocycles. The lowest BCUT2D eigenvalue weighted by atomic mass is 9.91. The summed E-state index contributed by atoms with van der Waals surface area (Å²) in [6.07, 6.45) is 0.522. The minimum absolute atomic E-state index is 0.226. The Morgan fingerprint density at radius 2 is 1.46 bits per heavy atom. The van der Waals surface area contributed by atoms with E-state index in [1.54, 1.807) is 45.2 Å². The molecule has 6 heteroatoms. The summed E-state index contributed by atoms with van der Waals surface area (Å²) in [4.78, 5) is 24.1. The van der Waals surface area contributed by atoms with Crippen LogP contribution in [0.5, 0.6) is 11.5 Å². The van der Waals surface area contributed by atoms with E-state index in [0.29, 0.717) is 18.8 Å². The highest BCUT2D eigenvalue weighted by Crippen LogP contribution is 2.21. The van der Waals surface area contributed by atoms with Crippen molar-refractivity contribution in [3.8, 4) is 11.5 Å². The predicted molar refractivity (Wildman–Crippen MR) is 89.0 cm³/mol. The first-order chi connectivity index (χ1) is 11.5. The summed E-state index contributed by atoms with van der Waals surface area (Å²) in [5.74, 6) is -0.821. The van der Waals surface area contributed by atoms with Crippen molar-refractivity contribution in [2.45, 2.75) is 27.2 Å². The molecule has 1 unspecified atom stereocenters. The van der Waals surface area contributed by atoms with E-state index in [0.717, 1.165) is 5.75 Å². The van der Waals surface area contributed by atoms with E-state index >= 15 is 0 Å². The Balaban J connectivity index is 2.58. The second kappa shape index (κ2) is 10.5. The third kappa shape index (κ3) is 6.10. The van der Waals surface area contributed by atoms with Gasteiger partial charge in [0.15, 0.2) is 5.92 Å².